The molecular weight excluding hydrogens is 228 g/mol. The van der Waals surface area contributed by atoms with E-state index < -0.39 is 17.5 Å². The van der Waals surface area contributed by atoms with Gasteiger partial charge in [-0.2, -0.15) is 0 Å². The topological polar surface area (TPSA) is 57.8 Å². The summed E-state index contributed by atoms with van der Waals surface area (Å²) in [7, 11) is 0. The number of aromatic amines is 1. The van der Waals surface area contributed by atoms with Crippen LogP contribution in [0.3, 0.4) is 0 Å². The summed E-state index contributed by atoms with van der Waals surface area (Å²) in [5.74, 6) is -1.56. The van der Waals surface area contributed by atoms with E-state index in [1.165, 1.54) is 0 Å². The predicted octanol–water partition coefficient (Wildman–Crippen LogP) is 1.62. The van der Waals surface area contributed by atoms with Gasteiger partial charge in [-0.15, -0.1) is 0 Å². The Labute approximate surface area is 95.7 Å². The summed E-state index contributed by atoms with van der Waals surface area (Å²) in [4.78, 5) is 18.2. The SMILES string of the molecule is O=C(NCc1ncc[nH]1)c1cc(F)cc(F)c1. The summed E-state index contributed by atoms with van der Waals surface area (Å²) >= 11 is 0. The monoisotopic (exact) mass is 237 g/mol. The lowest BCUT2D eigenvalue weighted by atomic mass is 10.2. The Hall–Kier alpha value is -2.24. The first-order valence-electron chi connectivity index (χ1n) is 4.88. The predicted molar refractivity (Wildman–Crippen MR) is 56.1 cm³/mol. The van der Waals surface area contributed by atoms with Crippen LogP contribution in [0.25, 0.3) is 0 Å². The third-order valence-corrected chi connectivity index (χ3v) is 2.10. The third kappa shape index (κ3) is 2.87. The number of carbonyl (C=O) groups excluding carboxylic acids is 1. The van der Waals surface area contributed by atoms with Crippen LogP contribution in [0.2, 0.25) is 0 Å². The zero-order chi connectivity index (χ0) is 12.3. The molecule has 1 heterocycles. The minimum absolute atomic E-state index is 0.0611. The van der Waals surface area contributed by atoms with Crippen LogP contribution < -0.4 is 5.32 Å². The van der Waals surface area contributed by atoms with Crippen molar-refractivity contribution >= 4 is 5.91 Å². The fourth-order valence-electron chi connectivity index (χ4n) is 1.35. The van der Waals surface area contributed by atoms with Gasteiger partial charge in [-0.1, -0.05) is 0 Å². The molecule has 0 radical (unpaired) electrons. The molecule has 0 spiro atoms. The van der Waals surface area contributed by atoms with E-state index in [-0.39, 0.29) is 12.1 Å². The molecule has 0 bridgehead atoms. The Morgan fingerprint density at radius 3 is 2.59 bits per heavy atom. The van der Waals surface area contributed by atoms with Crippen molar-refractivity contribution in [2.45, 2.75) is 6.54 Å². The Bertz CT molecular complexity index is 505. The van der Waals surface area contributed by atoms with E-state index in [1.54, 1.807) is 12.4 Å². The van der Waals surface area contributed by atoms with Crippen molar-refractivity contribution in [3.8, 4) is 0 Å². The molecular formula is C11H9F2N3O. The highest BCUT2D eigenvalue weighted by Crippen LogP contribution is 2.07. The van der Waals surface area contributed by atoms with Gasteiger partial charge >= 0.3 is 0 Å². The van der Waals surface area contributed by atoms with Gasteiger partial charge in [0.15, 0.2) is 0 Å². The molecule has 1 aromatic heterocycles. The van der Waals surface area contributed by atoms with E-state index in [0.717, 1.165) is 12.1 Å². The lowest BCUT2D eigenvalue weighted by Gasteiger charge is -2.03. The summed E-state index contributed by atoms with van der Waals surface area (Å²) in [5, 5.41) is 2.49. The van der Waals surface area contributed by atoms with Crippen molar-refractivity contribution in [1.82, 2.24) is 15.3 Å². The molecule has 1 aromatic carbocycles. The molecule has 0 saturated heterocycles. The molecule has 6 heteroatoms. The number of hydrogen-bond donors (Lipinski definition) is 2. The minimum atomic E-state index is -0.784. The van der Waals surface area contributed by atoms with Crippen LogP contribution in [0.4, 0.5) is 8.78 Å². The van der Waals surface area contributed by atoms with Gasteiger partial charge in [-0.05, 0) is 12.1 Å². The first-order valence-corrected chi connectivity index (χ1v) is 4.88. The Kier molecular flexibility index (Phi) is 3.13. The highest BCUT2D eigenvalue weighted by molar-refractivity contribution is 5.94. The normalized spacial score (nSPS) is 10.2. The Morgan fingerprint density at radius 1 is 1.29 bits per heavy atom. The van der Waals surface area contributed by atoms with Crippen molar-refractivity contribution in [2.24, 2.45) is 0 Å². The first-order chi connectivity index (χ1) is 8.15. The van der Waals surface area contributed by atoms with Crippen molar-refractivity contribution in [3.05, 3.63) is 53.6 Å². The fraction of sp³-hybridized carbons (Fsp3) is 0.0909. The van der Waals surface area contributed by atoms with E-state index in [4.69, 9.17) is 0 Å². The number of halogens is 2. The van der Waals surface area contributed by atoms with Crippen molar-refractivity contribution in [2.75, 3.05) is 0 Å². The third-order valence-electron chi connectivity index (χ3n) is 2.10. The van der Waals surface area contributed by atoms with Crippen LogP contribution in [-0.2, 0) is 6.54 Å². The molecule has 0 aliphatic heterocycles. The number of nitrogens with zero attached hydrogens (tertiary/aromatic N) is 1. The van der Waals surface area contributed by atoms with E-state index >= 15 is 0 Å². The number of H-pyrrole nitrogens is 1. The number of aromatic nitrogens is 2. The Balaban J connectivity index is 2.04. The maximum Gasteiger partial charge on any atom is 0.251 e. The zero-order valence-electron chi connectivity index (χ0n) is 8.71. The smallest absolute Gasteiger partial charge is 0.251 e. The molecule has 1 amide bonds. The second-order valence-electron chi connectivity index (χ2n) is 3.38. The van der Waals surface area contributed by atoms with Crippen LogP contribution in [0, 0.1) is 11.6 Å². The van der Waals surface area contributed by atoms with Crippen molar-refractivity contribution < 1.29 is 13.6 Å². The highest BCUT2D eigenvalue weighted by atomic mass is 19.1. The summed E-state index contributed by atoms with van der Waals surface area (Å²) in [6.07, 6.45) is 3.16. The number of carbonyl (C=O) groups is 1. The molecule has 88 valence electrons. The van der Waals surface area contributed by atoms with Crippen LogP contribution in [0.5, 0.6) is 0 Å². The second kappa shape index (κ2) is 4.73. The second-order valence-corrected chi connectivity index (χ2v) is 3.38. The van der Waals surface area contributed by atoms with Gasteiger partial charge in [0, 0.05) is 24.0 Å². The van der Waals surface area contributed by atoms with Gasteiger partial charge in [-0.3, -0.25) is 4.79 Å². The number of rotatable bonds is 3. The maximum absolute atomic E-state index is 12.9. The lowest BCUT2D eigenvalue weighted by molar-refractivity contribution is 0.0949. The molecule has 0 aliphatic rings. The summed E-state index contributed by atoms with van der Waals surface area (Å²) in [6.45, 7) is 0.171. The van der Waals surface area contributed by atoms with Gasteiger partial charge in [0.2, 0.25) is 0 Å². The molecule has 0 fully saturated rings. The number of hydrogen-bond acceptors (Lipinski definition) is 2. The van der Waals surface area contributed by atoms with Gasteiger partial charge in [0.05, 0.1) is 6.54 Å². The van der Waals surface area contributed by atoms with E-state index in [9.17, 15) is 13.6 Å². The van der Waals surface area contributed by atoms with Gasteiger partial charge in [-0.25, -0.2) is 13.8 Å². The molecule has 4 nitrogen and oxygen atoms in total. The van der Waals surface area contributed by atoms with E-state index in [0.29, 0.717) is 11.9 Å². The van der Waals surface area contributed by atoms with Crippen molar-refractivity contribution in [3.63, 3.8) is 0 Å². The molecule has 0 unspecified atom stereocenters. The number of imidazole rings is 1. The summed E-state index contributed by atoms with van der Waals surface area (Å²) in [6, 6.07) is 2.66. The number of amides is 1. The Morgan fingerprint density at radius 2 is 2.00 bits per heavy atom. The minimum Gasteiger partial charge on any atom is -0.347 e. The number of benzene rings is 1. The molecule has 2 aromatic rings. The van der Waals surface area contributed by atoms with E-state index in [1.807, 2.05) is 0 Å². The molecule has 0 saturated carbocycles. The van der Waals surface area contributed by atoms with Crippen molar-refractivity contribution in [1.29, 1.82) is 0 Å². The van der Waals surface area contributed by atoms with Gasteiger partial charge in [0.25, 0.3) is 5.91 Å². The maximum atomic E-state index is 12.9. The molecule has 0 aliphatic carbocycles. The summed E-state index contributed by atoms with van der Waals surface area (Å²) < 4.78 is 25.7. The van der Waals surface area contributed by atoms with Crippen LogP contribution >= 0.6 is 0 Å². The lowest BCUT2D eigenvalue weighted by Crippen LogP contribution is -2.23. The fourth-order valence-corrected chi connectivity index (χ4v) is 1.35. The zero-order valence-corrected chi connectivity index (χ0v) is 8.71. The largest absolute Gasteiger partial charge is 0.347 e. The van der Waals surface area contributed by atoms with Crippen LogP contribution in [-0.4, -0.2) is 15.9 Å². The summed E-state index contributed by atoms with van der Waals surface area (Å²) in [5.41, 5.74) is -0.0611. The quantitative estimate of drug-likeness (QED) is 0.852. The average Bonchev–Trinajstić information content (AvgIpc) is 2.77. The average molecular weight is 237 g/mol. The highest BCUT2D eigenvalue weighted by Gasteiger charge is 2.09. The molecule has 17 heavy (non-hydrogen) atoms. The van der Waals surface area contributed by atoms with Gasteiger partial charge in [0.1, 0.15) is 17.5 Å². The first kappa shape index (κ1) is 11.3. The van der Waals surface area contributed by atoms with Crippen LogP contribution in [0.15, 0.2) is 30.6 Å². The number of nitrogens with one attached hydrogen (secondary N) is 2. The van der Waals surface area contributed by atoms with E-state index in [2.05, 4.69) is 15.3 Å². The molecule has 2 N–H and O–H groups in total. The molecule has 0 atom stereocenters. The standard InChI is InChI=1S/C11H9F2N3O/c12-8-3-7(4-9(13)5-8)11(17)16-6-10-14-1-2-15-10/h1-5H,6H2,(H,14,15)(H,16,17). The molecule has 2 rings (SSSR count). The van der Waals surface area contributed by atoms with Gasteiger partial charge < -0.3 is 10.3 Å². The van der Waals surface area contributed by atoms with Crippen LogP contribution in [0.1, 0.15) is 16.2 Å².